The van der Waals surface area contributed by atoms with Crippen molar-refractivity contribution in [3.63, 3.8) is 0 Å². The van der Waals surface area contributed by atoms with E-state index in [1.807, 2.05) is 42.5 Å². The molecule has 3 aromatic rings. The molecular weight excluding hydrogens is 308 g/mol. The highest BCUT2D eigenvalue weighted by Crippen LogP contribution is 2.26. The second kappa shape index (κ2) is 6.50. The van der Waals surface area contributed by atoms with Crippen LogP contribution in [0, 0.1) is 0 Å². The average Bonchev–Trinajstić information content (AvgIpc) is 2.54. The first-order valence-electron chi connectivity index (χ1n) is 7.41. The highest BCUT2D eigenvalue weighted by molar-refractivity contribution is 5.90. The fraction of sp³-hybridized carbons (Fsp3) is 0.105. The molecule has 0 aliphatic heterocycles. The van der Waals surface area contributed by atoms with Crippen LogP contribution in [-0.2, 0) is 0 Å². The number of rotatable bonds is 5. The van der Waals surface area contributed by atoms with Crippen molar-refractivity contribution in [2.24, 2.45) is 0 Å². The highest BCUT2D eigenvalue weighted by Gasteiger charge is 2.12. The molecule has 0 bridgehead atoms. The van der Waals surface area contributed by atoms with Crippen LogP contribution in [0.5, 0.6) is 17.2 Å². The predicted molar refractivity (Wildman–Crippen MR) is 89.7 cm³/mol. The number of ether oxygens (including phenoxy) is 2. The number of carboxylic acids is 1. The highest BCUT2D eigenvalue weighted by atomic mass is 16.7. The van der Waals surface area contributed by atoms with Crippen LogP contribution in [0.1, 0.15) is 17.3 Å². The number of hydrogen-bond acceptors (Lipinski definition) is 4. The minimum absolute atomic E-state index is 0.176. The first-order chi connectivity index (χ1) is 11.5. The summed E-state index contributed by atoms with van der Waals surface area (Å²) in [5.74, 6) is -0.559. The fourth-order valence-corrected chi connectivity index (χ4v) is 2.41. The molecule has 3 rings (SSSR count). The van der Waals surface area contributed by atoms with Crippen LogP contribution in [0.2, 0.25) is 0 Å². The number of aromatic carboxylic acids is 1. The SMILES string of the molecule is CC(Oc1ccc(C(=O)O)c(O)c1)Oc1ccc2ccccc2c1. The third-order valence-electron chi connectivity index (χ3n) is 3.52. The van der Waals surface area contributed by atoms with Crippen molar-refractivity contribution in [3.8, 4) is 17.2 Å². The maximum atomic E-state index is 10.9. The molecule has 1 atom stereocenters. The lowest BCUT2D eigenvalue weighted by atomic mass is 10.1. The molecule has 1 unspecified atom stereocenters. The minimum atomic E-state index is -1.19. The van der Waals surface area contributed by atoms with Gasteiger partial charge in [-0.2, -0.15) is 0 Å². The van der Waals surface area contributed by atoms with Crippen molar-refractivity contribution in [1.29, 1.82) is 0 Å². The van der Waals surface area contributed by atoms with Crippen LogP contribution >= 0.6 is 0 Å². The Morgan fingerprint density at radius 1 is 0.917 bits per heavy atom. The van der Waals surface area contributed by atoms with Gasteiger partial charge in [0.15, 0.2) is 0 Å². The van der Waals surface area contributed by atoms with Gasteiger partial charge in [0.25, 0.3) is 0 Å². The smallest absolute Gasteiger partial charge is 0.339 e. The van der Waals surface area contributed by atoms with E-state index in [1.165, 1.54) is 18.2 Å². The third kappa shape index (κ3) is 3.41. The van der Waals surface area contributed by atoms with Crippen molar-refractivity contribution < 1.29 is 24.5 Å². The van der Waals surface area contributed by atoms with E-state index in [-0.39, 0.29) is 11.3 Å². The number of aromatic hydroxyl groups is 1. The predicted octanol–water partition coefficient (Wildman–Crippen LogP) is 4.05. The molecule has 0 aromatic heterocycles. The molecule has 0 aliphatic rings. The van der Waals surface area contributed by atoms with E-state index in [1.54, 1.807) is 6.92 Å². The summed E-state index contributed by atoms with van der Waals surface area (Å²) in [5.41, 5.74) is -0.176. The van der Waals surface area contributed by atoms with Crippen LogP contribution in [0.3, 0.4) is 0 Å². The maximum Gasteiger partial charge on any atom is 0.339 e. The van der Waals surface area contributed by atoms with E-state index in [9.17, 15) is 9.90 Å². The molecule has 0 saturated heterocycles. The minimum Gasteiger partial charge on any atom is -0.507 e. The van der Waals surface area contributed by atoms with Gasteiger partial charge in [0.05, 0.1) is 0 Å². The Bertz CT molecular complexity index is 888. The van der Waals surface area contributed by atoms with E-state index < -0.39 is 12.3 Å². The largest absolute Gasteiger partial charge is 0.507 e. The maximum absolute atomic E-state index is 10.9. The average molecular weight is 324 g/mol. The van der Waals surface area contributed by atoms with Gasteiger partial charge in [-0.15, -0.1) is 0 Å². The topological polar surface area (TPSA) is 76.0 Å². The van der Waals surface area contributed by atoms with E-state index in [4.69, 9.17) is 14.6 Å². The second-order valence-corrected chi connectivity index (χ2v) is 5.30. The van der Waals surface area contributed by atoms with E-state index >= 15 is 0 Å². The zero-order chi connectivity index (χ0) is 17.1. The summed E-state index contributed by atoms with van der Waals surface area (Å²) in [6.07, 6.45) is -0.610. The molecule has 0 amide bonds. The number of carbonyl (C=O) groups is 1. The van der Waals surface area contributed by atoms with Crippen molar-refractivity contribution in [2.45, 2.75) is 13.2 Å². The monoisotopic (exact) mass is 324 g/mol. The summed E-state index contributed by atoms with van der Waals surface area (Å²) in [6.45, 7) is 1.72. The number of hydrogen-bond donors (Lipinski definition) is 2. The van der Waals surface area contributed by atoms with Crippen molar-refractivity contribution in [1.82, 2.24) is 0 Å². The number of phenols is 1. The Kier molecular flexibility index (Phi) is 4.24. The van der Waals surface area contributed by atoms with Gasteiger partial charge >= 0.3 is 5.97 Å². The molecule has 0 heterocycles. The first-order valence-corrected chi connectivity index (χ1v) is 7.41. The van der Waals surface area contributed by atoms with Crippen LogP contribution in [0.25, 0.3) is 10.8 Å². The standard InChI is InChI=1S/C19H16O5/c1-12(24-16-8-9-17(19(21)22)18(20)11-16)23-15-7-6-13-4-2-3-5-14(13)10-15/h2-12,20H,1H3,(H,21,22). The lowest BCUT2D eigenvalue weighted by Gasteiger charge is -2.17. The van der Waals surface area contributed by atoms with Crippen LogP contribution in [-0.4, -0.2) is 22.5 Å². The molecule has 3 aromatic carbocycles. The first kappa shape index (κ1) is 15.7. The van der Waals surface area contributed by atoms with E-state index in [2.05, 4.69) is 0 Å². The van der Waals surface area contributed by atoms with Gasteiger partial charge in [0, 0.05) is 13.0 Å². The Hall–Kier alpha value is -3.21. The Morgan fingerprint density at radius 2 is 1.54 bits per heavy atom. The summed E-state index contributed by atoms with van der Waals surface area (Å²) >= 11 is 0. The molecule has 0 spiro atoms. The number of benzene rings is 3. The molecule has 0 fully saturated rings. The van der Waals surface area contributed by atoms with Gasteiger partial charge in [-0.25, -0.2) is 4.79 Å². The third-order valence-corrected chi connectivity index (χ3v) is 3.52. The van der Waals surface area contributed by atoms with Gasteiger partial charge in [-0.05, 0) is 35.0 Å². The molecule has 5 nitrogen and oxygen atoms in total. The van der Waals surface area contributed by atoms with Crippen molar-refractivity contribution in [3.05, 3.63) is 66.2 Å². The Labute approximate surface area is 138 Å². The summed E-state index contributed by atoms with van der Waals surface area (Å²) in [5, 5.41) is 20.8. The zero-order valence-electron chi connectivity index (χ0n) is 13.0. The number of fused-ring (bicyclic) bond motifs is 1. The normalized spacial score (nSPS) is 11.9. The quantitative estimate of drug-likeness (QED) is 0.693. The molecular formula is C19H16O5. The molecule has 0 saturated carbocycles. The van der Waals surface area contributed by atoms with Gasteiger partial charge in [-0.3, -0.25) is 0 Å². The van der Waals surface area contributed by atoms with Crippen LogP contribution in [0.15, 0.2) is 60.7 Å². The summed E-state index contributed by atoms with van der Waals surface area (Å²) in [7, 11) is 0. The van der Waals surface area contributed by atoms with Crippen LogP contribution < -0.4 is 9.47 Å². The van der Waals surface area contributed by atoms with Gasteiger partial charge in [-0.1, -0.05) is 30.3 Å². The summed E-state index contributed by atoms with van der Waals surface area (Å²) in [6, 6.07) is 17.7. The lowest BCUT2D eigenvalue weighted by Crippen LogP contribution is -2.19. The fourth-order valence-electron chi connectivity index (χ4n) is 2.41. The molecule has 0 aliphatic carbocycles. The Balaban J connectivity index is 1.71. The van der Waals surface area contributed by atoms with Crippen molar-refractivity contribution >= 4 is 16.7 Å². The molecule has 5 heteroatoms. The second-order valence-electron chi connectivity index (χ2n) is 5.30. The van der Waals surface area contributed by atoms with E-state index in [0.717, 1.165) is 10.8 Å². The Morgan fingerprint density at radius 3 is 2.21 bits per heavy atom. The van der Waals surface area contributed by atoms with Gasteiger partial charge in [0.2, 0.25) is 6.29 Å². The summed E-state index contributed by atoms with van der Waals surface area (Å²) < 4.78 is 11.3. The van der Waals surface area contributed by atoms with Gasteiger partial charge in [0.1, 0.15) is 22.8 Å². The lowest BCUT2D eigenvalue weighted by molar-refractivity contribution is 0.0223. The molecule has 2 N–H and O–H groups in total. The van der Waals surface area contributed by atoms with Gasteiger partial charge < -0.3 is 19.7 Å². The van der Waals surface area contributed by atoms with Crippen LogP contribution in [0.4, 0.5) is 0 Å². The van der Waals surface area contributed by atoms with E-state index in [0.29, 0.717) is 11.5 Å². The van der Waals surface area contributed by atoms with Crippen molar-refractivity contribution in [2.75, 3.05) is 0 Å². The molecule has 122 valence electrons. The molecule has 24 heavy (non-hydrogen) atoms. The summed E-state index contributed by atoms with van der Waals surface area (Å²) in [4.78, 5) is 10.9. The molecule has 0 radical (unpaired) electrons. The number of carboxylic acid groups (broad SMARTS) is 1. The zero-order valence-corrected chi connectivity index (χ0v) is 13.0.